The summed E-state index contributed by atoms with van der Waals surface area (Å²) in [5.74, 6) is 0.682. The molecule has 0 atom stereocenters. The van der Waals surface area contributed by atoms with Gasteiger partial charge in [-0.05, 0) is 54.2 Å². The van der Waals surface area contributed by atoms with Gasteiger partial charge in [-0.2, -0.15) is 4.98 Å². The summed E-state index contributed by atoms with van der Waals surface area (Å²) < 4.78 is 27.9. The van der Waals surface area contributed by atoms with Gasteiger partial charge in [0.2, 0.25) is 5.95 Å². The quantitative estimate of drug-likeness (QED) is 0.625. The lowest BCUT2D eigenvalue weighted by molar-refractivity contribution is 0.619. The molecule has 0 saturated heterocycles. The molecule has 5 rings (SSSR count). The molecule has 0 bridgehead atoms. The van der Waals surface area contributed by atoms with Gasteiger partial charge < -0.3 is 15.6 Å². The zero-order valence-corrected chi connectivity index (χ0v) is 15.0. The third kappa shape index (κ3) is 3.33. The summed E-state index contributed by atoms with van der Waals surface area (Å²) in [6.45, 7) is 0.973. The minimum absolute atomic E-state index is 0.0654. The van der Waals surface area contributed by atoms with Gasteiger partial charge in [-0.3, -0.25) is 4.99 Å². The Labute approximate surface area is 159 Å². The number of amidine groups is 1. The van der Waals surface area contributed by atoms with E-state index in [1.807, 2.05) is 12.1 Å². The smallest absolute Gasteiger partial charge is 0.225 e. The Hall–Kier alpha value is -3.29. The van der Waals surface area contributed by atoms with Crippen LogP contribution in [-0.2, 0) is 6.54 Å². The summed E-state index contributed by atoms with van der Waals surface area (Å²) >= 11 is 0. The van der Waals surface area contributed by atoms with Crippen LogP contribution in [0.3, 0.4) is 0 Å². The van der Waals surface area contributed by atoms with Crippen molar-refractivity contribution in [3.63, 3.8) is 0 Å². The molecule has 1 aliphatic heterocycles. The molecule has 0 radical (unpaired) electrons. The topological polar surface area (TPSA) is 78.0 Å². The highest BCUT2D eigenvalue weighted by Crippen LogP contribution is 2.37. The van der Waals surface area contributed by atoms with Gasteiger partial charge >= 0.3 is 0 Å². The Kier molecular flexibility index (Phi) is 4.03. The number of nitrogens with zero attached hydrogens (tertiary/aromatic N) is 3. The monoisotopic (exact) mass is 380 g/mol. The van der Waals surface area contributed by atoms with Crippen molar-refractivity contribution in [2.45, 2.75) is 19.4 Å². The number of aromatic amines is 1. The van der Waals surface area contributed by atoms with Crippen molar-refractivity contribution in [1.29, 1.82) is 0 Å². The number of nitrogens with one attached hydrogen (secondary N) is 3. The van der Waals surface area contributed by atoms with Crippen LogP contribution in [0.25, 0.3) is 10.9 Å². The molecule has 3 N–H and O–H groups in total. The Morgan fingerprint density at radius 2 is 2.11 bits per heavy atom. The largest absolute Gasteiger partial charge is 0.361 e. The van der Waals surface area contributed by atoms with Crippen molar-refractivity contribution in [2.75, 3.05) is 17.2 Å². The first-order valence-electron chi connectivity index (χ1n) is 9.19. The first-order valence-corrected chi connectivity index (χ1v) is 9.19. The number of hydrogen-bond acceptors (Lipinski definition) is 5. The van der Waals surface area contributed by atoms with E-state index in [1.165, 1.54) is 30.5 Å². The van der Waals surface area contributed by atoms with Crippen LogP contribution in [-0.4, -0.2) is 27.3 Å². The number of halogens is 2. The Morgan fingerprint density at radius 3 is 2.96 bits per heavy atom. The molecular weight excluding hydrogens is 362 g/mol. The van der Waals surface area contributed by atoms with Crippen LogP contribution in [0, 0.1) is 17.6 Å². The molecule has 1 aromatic carbocycles. The van der Waals surface area contributed by atoms with E-state index in [2.05, 4.69) is 30.6 Å². The lowest BCUT2D eigenvalue weighted by atomic mass is 10.1. The number of aliphatic imine (C=N–C) groups is 1. The van der Waals surface area contributed by atoms with Crippen LogP contribution in [0.15, 0.2) is 47.2 Å². The third-order valence-electron chi connectivity index (χ3n) is 5.00. The second-order valence-corrected chi connectivity index (χ2v) is 7.07. The molecule has 2 aliphatic rings. The molecule has 1 fully saturated rings. The molecule has 1 aliphatic carbocycles. The summed E-state index contributed by atoms with van der Waals surface area (Å²) in [5, 5.41) is 6.88. The average molecular weight is 380 g/mol. The average Bonchev–Trinajstić information content (AvgIpc) is 3.24. The van der Waals surface area contributed by atoms with E-state index in [0.29, 0.717) is 24.8 Å². The number of anilines is 2. The van der Waals surface area contributed by atoms with Gasteiger partial charge in [0.1, 0.15) is 11.7 Å². The van der Waals surface area contributed by atoms with Crippen molar-refractivity contribution < 1.29 is 8.78 Å². The lowest BCUT2D eigenvalue weighted by Gasteiger charge is -2.09. The van der Waals surface area contributed by atoms with E-state index in [9.17, 15) is 8.78 Å². The fourth-order valence-electron chi connectivity index (χ4n) is 3.41. The fraction of sp³-hybridized carbons (Fsp3) is 0.250. The summed E-state index contributed by atoms with van der Waals surface area (Å²) in [4.78, 5) is 15.6. The van der Waals surface area contributed by atoms with Crippen molar-refractivity contribution in [1.82, 2.24) is 15.0 Å². The predicted octanol–water partition coefficient (Wildman–Crippen LogP) is 4.01. The molecule has 2 aromatic heterocycles. The first kappa shape index (κ1) is 16.9. The Bertz CT molecular complexity index is 1110. The molecule has 1 saturated carbocycles. The number of hydrogen-bond donors (Lipinski definition) is 3. The van der Waals surface area contributed by atoms with Gasteiger partial charge in [0.05, 0.1) is 12.7 Å². The van der Waals surface area contributed by atoms with Crippen LogP contribution >= 0.6 is 0 Å². The van der Waals surface area contributed by atoms with Crippen molar-refractivity contribution in [3.05, 3.63) is 59.4 Å². The maximum Gasteiger partial charge on any atom is 0.225 e. The standard InChI is InChI=1S/C20H18F2N6/c21-14-5-13(15-3-4-23-17(15)7-14)9-25-20-26-10-16(22)19(28-20)27-18-6-12(8-24-18)11-1-2-11/h3-7,10-11,23H,1-2,8-9H2,(H2,24,25,26,27,28). The summed E-state index contributed by atoms with van der Waals surface area (Å²) in [5.41, 5.74) is 2.77. The van der Waals surface area contributed by atoms with Gasteiger partial charge in [0, 0.05) is 23.6 Å². The second-order valence-electron chi connectivity index (χ2n) is 7.07. The van der Waals surface area contributed by atoms with E-state index < -0.39 is 5.82 Å². The molecule has 3 aromatic rings. The minimum Gasteiger partial charge on any atom is -0.361 e. The van der Waals surface area contributed by atoms with Crippen LogP contribution < -0.4 is 10.6 Å². The van der Waals surface area contributed by atoms with Crippen LogP contribution in [0.4, 0.5) is 20.5 Å². The molecule has 0 unspecified atom stereocenters. The minimum atomic E-state index is -0.555. The fourth-order valence-corrected chi connectivity index (χ4v) is 3.41. The molecular formula is C20H18F2N6. The summed E-state index contributed by atoms with van der Waals surface area (Å²) in [6.07, 6.45) is 7.26. The maximum atomic E-state index is 14.1. The number of benzene rings is 1. The van der Waals surface area contributed by atoms with Crippen molar-refractivity contribution in [3.8, 4) is 0 Å². The number of fused-ring (bicyclic) bond motifs is 1. The summed E-state index contributed by atoms with van der Waals surface area (Å²) in [6, 6.07) is 4.79. The zero-order valence-electron chi connectivity index (χ0n) is 15.0. The number of rotatable bonds is 5. The second kappa shape index (κ2) is 6.70. The van der Waals surface area contributed by atoms with Gasteiger partial charge in [0.15, 0.2) is 11.6 Å². The molecule has 3 heterocycles. The summed E-state index contributed by atoms with van der Waals surface area (Å²) in [7, 11) is 0. The van der Waals surface area contributed by atoms with E-state index >= 15 is 0 Å². The van der Waals surface area contributed by atoms with E-state index in [4.69, 9.17) is 0 Å². The van der Waals surface area contributed by atoms with Gasteiger partial charge in [0.25, 0.3) is 0 Å². The van der Waals surface area contributed by atoms with Crippen molar-refractivity contribution >= 4 is 28.5 Å². The van der Waals surface area contributed by atoms with E-state index in [1.54, 1.807) is 6.20 Å². The van der Waals surface area contributed by atoms with Crippen LogP contribution in [0.1, 0.15) is 18.4 Å². The highest BCUT2D eigenvalue weighted by atomic mass is 19.1. The predicted molar refractivity (Wildman–Crippen MR) is 104 cm³/mol. The lowest BCUT2D eigenvalue weighted by Crippen LogP contribution is -2.13. The van der Waals surface area contributed by atoms with Crippen LogP contribution in [0.5, 0.6) is 0 Å². The van der Waals surface area contributed by atoms with E-state index in [-0.39, 0.29) is 17.6 Å². The molecule has 8 heteroatoms. The molecule has 6 nitrogen and oxygen atoms in total. The normalized spacial score (nSPS) is 16.2. The molecule has 142 valence electrons. The van der Waals surface area contributed by atoms with Gasteiger partial charge in [-0.15, -0.1) is 0 Å². The molecule has 0 spiro atoms. The third-order valence-corrected chi connectivity index (χ3v) is 5.00. The molecule has 0 amide bonds. The number of aromatic nitrogens is 3. The van der Waals surface area contributed by atoms with E-state index in [0.717, 1.165) is 22.7 Å². The zero-order chi connectivity index (χ0) is 19.1. The highest BCUT2D eigenvalue weighted by Gasteiger charge is 2.28. The Morgan fingerprint density at radius 1 is 1.21 bits per heavy atom. The SMILES string of the molecule is Fc1cc(CNc2ncc(F)c(NC3=NCC(C4CC4)=C3)n2)c2cc[nH]c2c1. The molecule has 28 heavy (non-hydrogen) atoms. The maximum absolute atomic E-state index is 14.1. The van der Waals surface area contributed by atoms with Crippen LogP contribution in [0.2, 0.25) is 0 Å². The highest BCUT2D eigenvalue weighted by molar-refractivity contribution is 6.05. The first-order chi connectivity index (χ1) is 13.7. The van der Waals surface area contributed by atoms with Gasteiger partial charge in [-0.1, -0.05) is 0 Å². The number of H-pyrrole nitrogens is 1. The van der Waals surface area contributed by atoms with Crippen molar-refractivity contribution in [2.24, 2.45) is 10.9 Å². The van der Waals surface area contributed by atoms with Gasteiger partial charge in [-0.25, -0.2) is 13.8 Å². The Balaban J connectivity index is 1.32.